The van der Waals surface area contributed by atoms with Crippen molar-refractivity contribution in [2.75, 3.05) is 13.2 Å². The van der Waals surface area contributed by atoms with E-state index in [1.807, 2.05) is 55.5 Å². The lowest BCUT2D eigenvalue weighted by Crippen LogP contribution is -2.02. The van der Waals surface area contributed by atoms with E-state index in [9.17, 15) is 5.11 Å². The number of aliphatic hydroxyl groups is 1. The molecule has 0 saturated heterocycles. The maximum atomic E-state index is 10.4. The summed E-state index contributed by atoms with van der Waals surface area (Å²) in [5.41, 5.74) is 8.43. The molecule has 22 heavy (non-hydrogen) atoms. The van der Waals surface area contributed by atoms with Gasteiger partial charge in [-0.25, -0.2) is 0 Å². The van der Waals surface area contributed by atoms with Crippen LogP contribution in [0.5, 0.6) is 5.75 Å². The van der Waals surface area contributed by atoms with Crippen LogP contribution < -0.4 is 10.5 Å². The lowest BCUT2D eigenvalue weighted by Gasteiger charge is -2.13. The van der Waals surface area contributed by atoms with E-state index >= 15 is 0 Å². The van der Waals surface area contributed by atoms with Crippen molar-refractivity contribution in [2.45, 2.75) is 32.3 Å². The molecule has 3 nitrogen and oxygen atoms in total. The molecule has 0 heterocycles. The molecule has 3 heteroatoms. The van der Waals surface area contributed by atoms with Crippen LogP contribution in [0.4, 0.5) is 0 Å². The van der Waals surface area contributed by atoms with Crippen LogP contribution in [0.1, 0.15) is 42.1 Å². The second kappa shape index (κ2) is 8.57. The van der Waals surface area contributed by atoms with Gasteiger partial charge >= 0.3 is 0 Å². The van der Waals surface area contributed by atoms with E-state index in [2.05, 4.69) is 0 Å². The summed E-state index contributed by atoms with van der Waals surface area (Å²) in [7, 11) is 0. The molecule has 0 fully saturated rings. The zero-order valence-corrected chi connectivity index (χ0v) is 13.2. The van der Waals surface area contributed by atoms with E-state index in [4.69, 9.17) is 10.5 Å². The first kappa shape index (κ1) is 16.5. The highest BCUT2D eigenvalue weighted by Crippen LogP contribution is 2.24. The minimum atomic E-state index is -0.598. The van der Waals surface area contributed by atoms with E-state index < -0.39 is 6.10 Å². The fourth-order valence-electron chi connectivity index (χ4n) is 2.30. The largest absolute Gasteiger partial charge is 0.494 e. The van der Waals surface area contributed by atoms with Crippen LogP contribution in [0.2, 0.25) is 0 Å². The van der Waals surface area contributed by atoms with Gasteiger partial charge in [-0.05, 0) is 56.0 Å². The van der Waals surface area contributed by atoms with Crippen molar-refractivity contribution < 1.29 is 9.84 Å². The lowest BCUT2D eigenvalue weighted by atomic mass is 10.0. The van der Waals surface area contributed by atoms with Crippen LogP contribution in [0.3, 0.4) is 0 Å². The first-order chi connectivity index (χ1) is 10.7. The molecular formula is C19H25NO2. The zero-order valence-electron chi connectivity index (χ0n) is 13.2. The van der Waals surface area contributed by atoms with E-state index in [0.717, 1.165) is 42.7 Å². The number of aryl methyl sites for hydroxylation is 1. The number of unbranched alkanes of at least 4 members (excludes halogenated alkanes) is 2. The van der Waals surface area contributed by atoms with Crippen LogP contribution in [-0.4, -0.2) is 18.3 Å². The number of benzene rings is 2. The number of aliphatic hydroxyl groups excluding tert-OH is 1. The van der Waals surface area contributed by atoms with Crippen LogP contribution in [-0.2, 0) is 0 Å². The Hall–Kier alpha value is -1.84. The molecule has 1 unspecified atom stereocenters. The molecule has 0 saturated carbocycles. The van der Waals surface area contributed by atoms with Gasteiger partial charge < -0.3 is 15.6 Å². The van der Waals surface area contributed by atoms with Crippen molar-refractivity contribution in [2.24, 2.45) is 5.73 Å². The maximum Gasteiger partial charge on any atom is 0.119 e. The quantitative estimate of drug-likeness (QED) is 0.732. The molecule has 0 amide bonds. The van der Waals surface area contributed by atoms with Crippen LogP contribution in [0, 0.1) is 6.92 Å². The minimum Gasteiger partial charge on any atom is -0.494 e. The molecule has 1 atom stereocenters. The highest BCUT2D eigenvalue weighted by Gasteiger charge is 2.10. The Bertz CT molecular complexity index is 549. The van der Waals surface area contributed by atoms with E-state index in [-0.39, 0.29) is 0 Å². The Morgan fingerprint density at radius 3 is 2.09 bits per heavy atom. The molecule has 0 aromatic heterocycles. The van der Waals surface area contributed by atoms with E-state index in [1.165, 1.54) is 5.56 Å². The fraction of sp³-hybridized carbons (Fsp3) is 0.368. The summed E-state index contributed by atoms with van der Waals surface area (Å²) in [6.45, 7) is 3.49. The molecule has 2 aromatic carbocycles. The first-order valence-electron chi connectivity index (χ1n) is 7.88. The summed E-state index contributed by atoms with van der Waals surface area (Å²) in [4.78, 5) is 0. The molecule has 2 aromatic rings. The van der Waals surface area contributed by atoms with Gasteiger partial charge in [-0.2, -0.15) is 0 Å². The third-order valence-electron chi connectivity index (χ3n) is 3.71. The van der Waals surface area contributed by atoms with Crippen LogP contribution in [0.15, 0.2) is 48.5 Å². The minimum absolute atomic E-state index is 0.598. The number of hydrogen-bond acceptors (Lipinski definition) is 3. The van der Waals surface area contributed by atoms with Gasteiger partial charge in [0.15, 0.2) is 0 Å². The van der Waals surface area contributed by atoms with Gasteiger partial charge in [-0.1, -0.05) is 42.0 Å². The molecule has 0 aliphatic rings. The molecule has 118 valence electrons. The van der Waals surface area contributed by atoms with Gasteiger partial charge in [-0.3, -0.25) is 0 Å². The summed E-state index contributed by atoms with van der Waals surface area (Å²) in [5.74, 6) is 0.840. The number of ether oxygens (including phenoxy) is 1. The number of rotatable bonds is 8. The van der Waals surface area contributed by atoms with Crippen molar-refractivity contribution >= 4 is 0 Å². The molecule has 2 rings (SSSR count). The maximum absolute atomic E-state index is 10.4. The Labute approximate surface area is 132 Å². The predicted molar refractivity (Wildman–Crippen MR) is 90.1 cm³/mol. The van der Waals surface area contributed by atoms with Gasteiger partial charge in [0.1, 0.15) is 11.9 Å². The Balaban J connectivity index is 1.89. The molecule has 0 aliphatic heterocycles. The van der Waals surface area contributed by atoms with Crippen molar-refractivity contribution in [3.63, 3.8) is 0 Å². The van der Waals surface area contributed by atoms with Crippen molar-refractivity contribution in [1.82, 2.24) is 0 Å². The summed E-state index contributed by atoms with van der Waals surface area (Å²) in [6.07, 6.45) is 2.57. The second-order valence-electron chi connectivity index (χ2n) is 5.58. The highest BCUT2D eigenvalue weighted by molar-refractivity contribution is 5.34. The van der Waals surface area contributed by atoms with Gasteiger partial charge in [-0.15, -0.1) is 0 Å². The van der Waals surface area contributed by atoms with Gasteiger partial charge in [0.05, 0.1) is 6.61 Å². The standard InChI is InChI=1S/C19H25NO2/c1-15-5-7-16(8-6-15)19(21)17-9-11-18(12-10-17)22-14-4-2-3-13-20/h5-12,19,21H,2-4,13-14,20H2,1H3. The second-order valence-corrected chi connectivity index (χ2v) is 5.58. The smallest absolute Gasteiger partial charge is 0.119 e. The average molecular weight is 299 g/mol. The van der Waals surface area contributed by atoms with E-state index in [0.29, 0.717) is 6.61 Å². The highest BCUT2D eigenvalue weighted by atomic mass is 16.5. The number of hydrogen-bond donors (Lipinski definition) is 2. The fourth-order valence-corrected chi connectivity index (χ4v) is 2.30. The first-order valence-corrected chi connectivity index (χ1v) is 7.88. The SMILES string of the molecule is Cc1ccc(C(O)c2ccc(OCCCCCN)cc2)cc1. The topological polar surface area (TPSA) is 55.5 Å². The summed E-state index contributed by atoms with van der Waals surface area (Å²) in [5, 5.41) is 10.4. The normalized spacial score (nSPS) is 12.1. The zero-order chi connectivity index (χ0) is 15.8. The van der Waals surface area contributed by atoms with Gasteiger partial charge in [0.25, 0.3) is 0 Å². The third-order valence-corrected chi connectivity index (χ3v) is 3.71. The van der Waals surface area contributed by atoms with Crippen LogP contribution >= 0.6 is 0 Å². The van der Waals surface area contributed by atoms with Crippen molar-refractivity contribution in [3.05, 3.63) is 65.2 Å². The Morgan fingerprint density at radius 1 is 0.909 bits per heavy atom. The molecule has 3 N–H and O–H groups in total. The molecular weight excluding hydrogens is 274 g/mol. The Morgan fingerprint density at radius 2 is 1.50 bits per heavy atom. The lowest BCUT2D eigenvalue weighted by molar-refractivity contribution is 0.220. The molecule has 0 radical (unpaired) electrons. The van der Waals surface area contributed by atoms with Crippen LogP contribution in [0.25, 0.3) is 0 Å². The number of nitrogens with two attached hydrogens (primary N) is 1. The average Bonchev–Trinajstić information content (AvgIpc) is 2.55. The molecule has 0 spiro atoms. The molecule has 0 aliphatic carbocycles. The predicted octanol–water partition coefficient (Wildman–Crippen LogP) is 3.58. The van der Waals surface area contributed by atoms with Gasteiger partial charge in [0, 0.05) is 0 Å². The van der Waals surface area contributed by atoms with Gasteiger partial charge in [0.2, 0.25) is 0 Å². The third kappa shape index (κ3) is 4.86. The molecule has 0 bridgehead atoms. The monoisotopic (exact) mass is 299 g/mol. The van der Waals surface area contributed by atoms with E-state index in [1.54, 1.807) is 0 Å². The Kier molecular flexibility index (Phi) is 6.44. The summed E-state index contributed by atoms with van der Waals surface area (Å²) < 4.78 is 5.69. The van der Waals surface area contributed by atoms with Crippen molar-refractivity contribution in [3.8, 4) is 5.75 Å². The summed E-state index contributed by atoms with van der Waals surface area (Å²) >= 11 is 0. The van der Waals surface area contributed by atoms with Crippen molar-refractivity contribution in [1.29, 1.82) is 0 Å². The summed E-state index contributed by atoms with van der Waals surface area (Å²) in [6, 6.07) is 15.6.